The lowest BCUT2D eigenvalue weighted by Gasteiger charge is -2.19. The SMILES string of the molecule is CN(CCOc1ccc(Br)cc1)C(=O)c1ccc2c(=O)n3c(nc2c1)CCCCCC3. The van der Waals surface area contributed by atoms with Gasteiger partial charge in [-0.05, 0) is 55.3 Å². The van der Waals surface area contributed by atoms with Crippen molar-refractivity contribution in [3.8, 4) is 5.75 Å². The summed E-state index contributed by atoms with van der Waals surface area (Å²) in [5, 5.41) is 0.571. The lowest BCUT2D eigenvalue weighted by molar-refractivity contribution is 0.0774. The minimum atomic E-state index is -0.116. The summed E-state index contributed by atoms with van der Waals surface area (Å²) in [6.07, 6.45) is 5.16. The first-order valence-corrected chi connectivity index (χ1v) is 11.5. The van der Waals surface area contributed by atoms with Gasteiger partial charge in [-0.2, -0.15) is 0 Å². The number of hydrogen-bond acceptors (Lipinski definition) is 4. The van der Waals surface area contributed by atoms with Crippen LogP contribution >= 0.6 is 15.9 Å². The molecule has 1 aliphatic rings. The number of carbonyl (C=O) groups is 1. The molecule has 0 radical (unpaired) electrons. The lowest BCUT2D eigenvalue weighted by Crippen LogP contribution is -2.31. The zero-order valence-electron chi connectivity index (χ0n) is 17.6. The van der Waals surface area contributed by atoms with Crippen molar-refractivity contribution in [3.05, 3.63) is 68.7 Å². The Balaban J connectivity index is 1.49. The van der Waals surface area contributed by atoms with E-state index in [1.807, 2.05) is 28.8 Å². The highest BCUT2D eigenvalue weighted by Crippen LogP contribution is 2.18. The molecule has 3 aromatic rings. The number of amides is 1. The quantitative estimate of drug-likeness (QED) is 0.538. The highest BCUT2D eigenvalue weighted by atomic mass is 79.9. The number of hydrogen-bond donors (Lipinski definition) is 0. The predicted molar refractivity (Wildman–Crippen MR) is 125 cm³/mol. The summed E-state index contributed by atoms with van der Waals surface area (Å²) >= 11 is 3.40. The molecule has 0 bridgehead atoms. The summed E-state index contributed by atoms with van der Waals surface area (Å²) in [5.41, 5.74) is 1.13. The van der Waals surface area contributed by atoms with Crippen LogP contribution in [0.25, 0.3) is 10.9 Å². The Labute approximate surface area is 190 Å². The topological polar surface area (TPSA) is 64.4 Å². The molecule has 0 saturated carbocycles. The van der Waals surface area contributed by atoms with Gasteiger partial charge in [0.25, 0.3) is 11.5 Å². The number of rotatable bonds is 5. The van der Waals surface area contributed by atoms with E-state index in [0.29, 0.717) is 29.6 Å². The maximum absolute atomic E-state index is 13.0. The van der Waals surface area contributed by atoms with E-state index in [2.05, 4.69) is 15.9 Å². The van der Waals surface area contributed by atoms with Crippen molar-refractivity contribution < 1.29 is 9.53 Å². The van der Waals surface area contributed by atoms with Gasteiger partial charge in [-0.3, -0.25) is 14.2 Å². The zero-order valence-corrected chi connectivity index (χ0v) is 19.2. The molecule has 0 fully saturated rings. The highest BCUT2D eigenvalue weighted by Gasteiger charge is 2.16. The Hall–Kier alpha value is -2.67. The number of likely N-dealkylation sites (N-methyl/N-ethyl adjacent to an activating group) is 1. The normalized spacial score (nSPS) is 13.9. The monoisotopic (exact) mass is 483 g/mol. The highest BCUT2D eigenvalue weighted by molar-refractivity contribution is 9.10. The number of benzene rings is 2. The Kier molecular flexibility index (Phi) is 6.70. The van der Waals surface area contributed by atoms with Crippen molar-refractivity contribution in [2.45, 2.75) is 38.6 Å². The van der Waals surface area contributed by atoms with E-state index in [1.165, 1.54) is 6.42 Å². The Morgan fingerprint density at radius 2 is 1.90 bits per heavy atom. The van der Waals surface area contributed by atoms with Crippen LogP contribution in [0.15, 0.2) is 51.7 Å². The predicted octanol–water partition coefficient (Wildman–Crippen LogP) is 4.43. The molecule has 31 heavy (non-hydrogen) atoms. The second-order valence-corrected chi connectivity index (χ2v) is 8.83. The van der Waals surface area contributed by atoms with Gasteiger partial charge in [0, 0.05) is 30.0 Å². The van der Waals surface area contributed by atoms with Crippen LogP contribution in [0.4, 0.5) is 0 Å². The van der Waals surface area contributed by atoms with E-state index >= 15 is 0 Å². The van der Waals surface area contributed by atoms with Gasteiger partial charge in [-0.1, -0.05) is 28.8 Å². The lowest BCUT2D eigenvalue weighted by atomic mass is 10.1. The van der Waals surface area contributed by atoms with Gasteiger partial charge in [-0.25, -0.2) is 4.98 Å². The van der Waals surface area contributed by atoms with Crippen molar-refractivity contribution in [1.82, 2.24) is 14.5 Å². The number of fused-ring (bicyclic) bond motifs is 2. The van der Waals surface area contributed by atoms with Crippen LogP contribution < -0.4 is 10.3 Å². The molecular weight excluding hydrogens is 458 g/mol. The summed E-state index contributed by atoms with van der Waals surface area (Å²) in [6.45, 7) is 1.57. The standard InChI is InChI=1S/C24H26BrN3O3/c1-27(14-15-31-19-10-8-18(25)9-11-19)23(29)17-7-12-20-21(16-17)26-22-6-4-2-3-5-13-28(22)24(20)30/h7-12,16H,2-6,13-15H2,1H3. The van der Waals surface area contributed by atoms with E-state index in [4.69, 9.17) is 9.72 Å². The van der Waals surface area contributed by atoms with Crippen LogP contribution in [0.3, 0.4) is 0 Å². The Morgan fingerprint density at radius 3 is 2.71 bits per heavy atom. The summed E-state index contributed by atoms with van der Waals surface area (Å²) in [7, 11) is 1.75. The Bertz CT molecular complexity index is 1140. The number of nitrogens with zero attached hydrogens (tertiary/aromatic N) is 3. The average molecular weight is 484 g/mol. The maximum atomic E-state index is 13.0. The fourth-order valence-corrected chi connectivity index (χ4v) is 4.15. The van der Waals surface area contributed by atoms with Gasteiger partial charge < -0.3 is 9.64 Å². The second-order valence-electron chi connectivity index (χ2n) is 7.91. The number of halogens is 1. The first kappa shape index (κ1) is 21.6. The average Bonchev–Trinajstić information content (AvgIpc) is 2.75. The van der Waals surface area contributed by atoms with Crippen molar-refractivity contribution >= 4 is 32.7 Å². The van der Waals surface area contributed by atoms with Gasteiger partial charge in [0.2, 0.25) is 0 Å². The molecule has 0 N–H and O–H groups in total. The second kappa shape index (κ2) is 9.64. The third kappa shape index (κ3) is 4.98. The van der Waals surface area contributed by atoms with E-state index in [9.17, 15) is 9.59 Å². The van der Waals surface area contributed by atoms with Crippen molar-refractivity contribution in [1.29, 1.82) is 0 Å². The number of ether oxygens (including phenoxy) is 1. The molecule has 7 heteroatoms. The van der Waals surface area contributed by atoms with Gasteiger partial charge in [0.1, 0.15) is 18.2 Å². The molecule has 0 aliphatic carbocycles. The van der Waals surface area contributed by atoms with Gasteiger partial charge >= 0.3 is 0 Å². The molecule has 1 aromatic heterocycles. The number of carbonyl (C=O) groups excluding carboxylic acids is 1. The largest absolute Gasteiger partial charge is 0.492 e. The molecule has 4 rings (SSSR count). The molecule has 1 amide bonds. The van der Waals surface area contributed by atoms with Crippen LogP contribution in [0.2, 0.25) is 0 Å². The van der Waals surface area contributed by atoms with Crippen LogP contribution in [0, 0.1) is 0 Å². The molecule has 162 valence electrons. The van der Waals surface area contributed by atoms with Crippen LogP contribution in [-0.2, 0) is 13.0 Å². The molecule has 0 spiro atoms. The van der Waals surface area contributed by atoms with Crippen molar-refractivity contribution in [3.63, 3.8) is 0 Å². The molecule has 0 atom stereocenters. The molecule has 2 heterocycles. The van der Waals surface area contributed by atoms with Crippen LogP contribution in [-0.4, -0.2) is 40.6 Å². The molecule has 0 saturated heterocycles. The summed E-state index contributed by atoms with van der Waals surface area (Å²) in [6, 6.07) is 12.8. The fraction of sp³-hybridized carbons (Fsp3) is 0.375. The third-order valence-electron chi connectivity index (χ3n) is 5.67. The summed E-state index contributed by atoms with van der Waals surface area (Å²) in [4.78, 5) is 32.2. The molecular formula is C24H26BrN3O3. The first-order chi connectivity index (χ1) is 15.0. The maximum Gasteiger partial charge on any atom is 0.261 e. The van der Waals surface area contributed by atoms with Crippen LogP contribution in [0.1, 0.15) is 41.9 Å². The fourth-order valence-electron chi connectivity index (χ4n) is 3.88. The van der Waals surface area contributed by atoms with E-state index in [0.717, 1.165) is 48.3 Å². The minimum Gasteiger partial charge on any atom is -0.492 e. The summed E-state index contributed by atoms with van der Waals surface area (Å²) < 4.78 is 8.52. The number of aryl methyl sites for hydroxylation is 1. The zero-order chi connectivity index (χ0) is 21.8. The van der Waals surface area contributed by atoms with E-state index in [-0.39, 0.29) is 11.5 Å². The third-order valence-corrected chi connectivity index (χ3v) is 6.20. The van der Waals surface area contributed by atoms with Crippen molar-refractivity contribution in [2.24, 2.45) is 0 Å². The molecule has 6 nitrogen and oxygen atoms in total. The molecule has 0 unspecified atom stereocenters. The molecule has 2 aromatic carbocycles. The van der Waals surface area contributed by atoms with Gasteiger partial charge in [-0.15, -0.1) is 0 Å². The van der Waals surface area contributed by atoms with Gasteiger partial charge in [0.15, 0.2) is 0 Å². The van der Waals surface area contributed by atoms with Gasteiger partial charge in [0.05, 0.1) is 17.4 Å². The number of aromatic nitrogens is 2. The summed E-state index contributed by atoms with van der Waals surface area (Å²) in [5.74, 6) is 1.48. The van der Waals surface area contributed by atoms with E-state index < -0.39 is 0 Å². The van der Waals surface area contributed by atoms with E-state index in [1.54, 1.807) is 30.1 Å². The minimum absolute atomic E-state index is 0.00264. The van der Waals surface area contributed by atoms with Crippen LogP contribution in [0.5, 0.6) is 5.75 Å². The molecule has 1 aliphatic heterocycles. The smallest absolute Gasteiger partial charge is 0.261 e. The Morgan fingerprint density at radius 1 is 1.13 bits per heavy atom. The van der Waals surface area contributed by atoms with Crippen molar-refractivity contribution in [2.75, 3.05) is 20.2 Å². The first-order valence-electron chi connectivity index (χ1n) is 10.7.